The molecule has 0 saturated carbocycles. The first-order chi connectivity index (χ1) is 8.29. The maximum atomic E-state index is 11.6. The number of anilines is 2. The summed E-state index contributed by atoms with van der Waals surface area (Å²) in [6.07, 6.45) is 0. The fourth-order valence-electron chi connectivity index (χ4n) is 1.30. The predicted molar refractivity (Wildman–Crippen MR) is 65.6 cm³/mol. The van der Waals surface area contributed by atoms with E-state index < -0.39 is 21.7 Å². The number of hydrogen-bond acceptors (Lipinski definition) is 5. The maximum absolute atomic E-state index is 11.6. The Labute approximate surface area is 104 Å². The first kappa shape index (κ1) is 13.8. The van der Waals surface area contributed by atoms with Crippen LogP contribution in [0.3, 0.4) is 0 Å². The van der Waals surface area contributed by atoms with Gasteiger partial charge in [-0.15, -0.1) is 0 Å². The molecule has 18 heavy (non-hydrogen) atoms. The molecule has 96 valence electrons. The monoisotopic (exact) mass is 269 g/mol. The van der Waals surface area contributed by atoms with Gasteiger partial charge in [-0.3, -0.25) is 4.31 Å². The molecular weight excluding hydrogens is 258 g/mol. The maximum Gasteiger partial charge on any atom is 0.335 e. The molecule has 3 N–H and O–H groups in total. The van der Waals surface area contributed by atoms with Gasteiger partial charge in [0.05, 0.1) is 23.0 Å². The molecule has 0 aliphatic heterocycles. The summed E-state index contributed by atoms with van der Waals surface area (Å²) in [4.78, 5) is 10.7. The average molecular weight is 269 g/mol. The highest BCUT2D eigenvalue weighted by Gasteiger charge is 2.20. The zero-order chi connectivity index (χ0) is 13.9. The lowest BCUT2D eigenvalue weighted by molar-refractivity contribution is 0.0697. The van der Waals surface area contributed by atoms with Crippen molar-refractivity contribution >= 4 is 27.4 Å². The van der Waals surface area contributed by atoms with Crippen molar-refractivity contribution in [1.29, 1.82) is 5.26 Å². The van der Waals surface area contributed by atoms with E-state index in [4.69, 9.17) is 16.1 Å². The topological polar surface area (TPSA) is 124 Å². The lowest BCUT2D eigenvalue weighted by Gasteiger charge is -2.19. The van der Waals surface area contributed by atoms with Gasteiger partial charge < -0.3 is 10.8 Å². The zero-order valence-electron chi connectivity index (χ0n) is 9.49. The van der Waals surface area contributed by atoms with Crippen molar-refractivity contribution in [3.05, 3.63) is 23.8 Å². The molecule has 0 saturated heterocycles. The van der Waals surface area contributed by atoms with Gasteiger partial charge in [-0.25, -0.2) is 13.2 Å². The van der Waals surface area contributed by atoms with E-state index in [9.17, 15) is 13.2 Å². The van der Waals surface area contributed by atoms with Crippen LogP contribution in [-0.4, -0.2) is 32.3 Å². The molecular formula is C10H11N3O4S. The largest absolute Gasteiger partial charge is 0.478 e. The van der Waals surface area contributed by atoms with E-state index in [1.54, 1.807) is 6.07 Å². The number of rotatable bonds is 4. The predicted octanol–water partition coefficient (Wildman–Crippen LogP) is 0.257. The number of sulfonamides is 1. The van der Waals surface area contributed by atoms with Gasteiger partial charge in [0.15, 0.2) is 5.75 Å². The molecule has 0 fully saturated rings. The number of nitrogens with two attached hydrogens (primary N) is 1. The third kappa shape index (κ3) is 2.70. The molecule has 1 rings (SSSR count). The molecule has 0 aliphatic rings. The minimum absolute atomic E-state index is 0.0129. The van der Waals surface area contributed by atoms with Crippen molar-refractivity contribution in [3.8, 4) is 6.07 Å². The van der Waals surface area contributed by atoms with Crippen LogP contribution in [0.25, 0.3) is 0 Å². The van der Waals surface area contributed by atoms with Crippen molar-refractivity contribution in [2.75, 3.05) is 22.8 Å². The third-order valence-electron chi connectivity index (χ3n) is 2.28. The number of aromatic carboxylic acids is 1. The Hall–Kier alpha value is -2.27. The van der Waals surface area contributed by atoms with Crippen LogP contribution < -0.4 is 10.0 Å². The summed E-state index contributed by atoms with van der Waals surface area (Å²) in [6, 6.07) is 5.23. The molecule has 0 aromatic heterocycles. The number of carboxylic acids is 1. The van der Waals surface area contributed by atoms with Gasteiger partial charge in [-0.2, -0.15) is 5.26 Å². The number of nitrogens with zero attached hydrogens (tertiary/aromatic N) is 2. The van der Waals surface area contributed by atoms with Crippen LogP contribution in [0.1, 0.15) is 10.4 Å². The van der Waals surface area contributed by atoms with Crippen LogP contribution in [0.4, 0.5) is 11.4 Å². The summed E-state index contributed by atoms with van der Waals surface area (Å²) < 4.78 is 24.1. The van der Waals surface area contributed by atoms with E-state index in [-0.39, 0.29) is 16.9 Å². The number of carbonyl (C=O) groups is 1. The van der Waals surface area contributed by atoms with Gasteiger partial charge in [-0.05, 0) is 18.2 Å². The van der Waals surface area contributed by atoms with Crippen molar-refractivity contribution in [3.63, 3.8) is 0 Å². The van der Waals surface area contributed by atoms with E-state index in [2.05, 4.69) is 0 Å². The van der Waals surface area contributed by atoms with Gasteiger partial charge in [0.2, 0.25) is 10.0 Å². The van der Waals surface area contributed by atoms with Crippen molar-refractivity contribution in [1.82, 2.24) is 0 Å². The minimum Gasteiger partial charge on any atom is -0.478 e. The Balaban J connectivity index is 3.20. The van der Waals surface area contributed by atoms with Crippen LogP contribution in [-0.2, 0) is 10.0 Å². The van der Waals surface area contributed by atoms with Gasteiger partial charge in [0, 0.05) is 7.05 Å². The number of nitrogen functional groups attached to an aromatic ring is 1. The Bertz CT molecular complexity index is 619. The summed E-state index contributed by atoms with van der Waals surface area (Å²) >= 11 is 0. The fourth-order valence-corrected chi connectivity index (χ4v) is 2.13. The molecule has 0 atom stereocenters. The molecule has 0 amide bonds. The highest BCUT2D eigenvalue weighted by molar-refractivity contribution is 7.93. The number of benzene rings is 1. The Kier molecular flexibility index (Phi) is 3.78. The van der Waals surface area contributed by atoms with Crippen LogP contribution in [0.15, 0.2) is 18.2 Å². The molecule has 8 heteroatoms. The standard InChI is InChI=1S/C10H11N3O4S/c1-13(18(16,17)5-4-11)9-3-2-7(10(14)15)6-8(9)12/h2-3,6H,5,12H2,1H3,(H,14,15). The van der Waals surface area contributed by atoms with E-state index in [1.165, 1.54) is 19.2 Å². The van der Waals surface area contributed by atoms with Crippen molar-refractivity contribution in [2.45, 2.75) is 0 Å². The smallest absolute Gasteiger partial charge is 0.335 e. The van der Waals surface area contributed by atoms with Gasteiger partial charge >= 0.3 is 5.97 Å². The molecule has 0 radical (unpaired) electrons. The molecule has 7 nitrogen and oxygen atoms in total. The van der Waals surface area contributed by atoms with Gasteiger partial charge in [-0.1, -0.05) is 0 Å². The van der Waals surface area contributed by atoms with E-state index in [1.807, 2.05) is 0 Å². The van der Waals surface area contributed by atoms with Crippen LogP contribution in [0, 0.1) is 11.3 Å². The summed E-state index contributed by atoms with van der Waals surface area (Å²) in [5.41, 5.74) is 5.71. The molecule has 0 unspecified atom stereocenters. The Morgan fingerprint density at radius 2 is 2.17 bits per heavy atom. The van der Waals surface area contributed by atoms with Crippen molar-refractivity contribution < 1.29 is 18.3 Å². The number of carboxylic acid groups (broad SMARTS) is 1. The SMILES string of the molecule is CN(c1ccc(C(=O)O)cc1N)S(=O)(=O)CC#N. The molecule has 0 heterocycles. The highest BCUT2D eigenvalue weighted by Crippen LogP contribution is 2.25. The van der Waals surface area contributed by atoms with Crippen LogP contribution in [0.2, 0.25) is 0 Å². The summed E-state index contributed by atoms with van der Waals surface area (Å²) in [6.45, 7) is 0. The van der Waals surface area contributed by atoms with Gasteiger partial charge in [0.1, 0.15) is 0 Å². The quantitative estimate of drug-likeness (QED) is 0.755. The zero-order valence-corrected chi connectivity index (χ0v) is 10.3. The molecule has 1 aromatic rings. The Morgan fingerprint density at radius 3 is 2.61 bits per heavy atom. The number of hydrogen-bond donors (Lipinski definition) is 2. The lowest BCUT2D eigenvalue weighted by atomic mass is 10.2. The Morgan fingerprint density at radius 1 is 1.56 bits per heavy atom. The lowest BCUT2D eigenvalue weighted by Crippen LogP contribution is -2.29. The molecule has 0 spiro atoms. The van der Waals surface area contributed by atoms with Crippen LogP contribution in [0.5, 0.6) is 0 Å². The second-order valence-electron chi connectivity index (χ2n) is 3.46. The van der Waals surface area contributed by atoms with E-state index in [0.29, 0.717) is 0 Å². The van der Waals surface area contributed by atoms with E-state index >= 15 is 0 Å². The number of nitriles is 1. The summed E-state index contributed by atoms with van der Waals surface area (Å²) in [7, 11) is -2.53. The highest BCUT2D eigenvalue weighted by atomic mass is 32.2. The summed E-state index contributed by atoms with van der Waals surface area (Å²) in [5, 5.41) is 17.2. The van der Waals surface area contributed by atoms with Crippen LogP contribution >= 0.6 is 0 Å². The van der Waals surface area contributed by atoms with Crippen molar-refractivity contribution in [2.24, 2.45) is 0 Å². The second-order valence-corrected chi connectivity index (χ2v) is 5.46. The minimum atomic E-state index is -3.77. The first-order valence-corrected chi connectivity index (χ1v) is 6.37. The van der Waals surface area contributed by atoms with E-state index in [0.717, 1.165) is 10.4 Å². The fraction of sp³-hybridized carbons (Fsp3) is 0.200. The molecule has 1 aromatic carbocycles. The normalized spacial score (nSPS) is 10.7. The van der Waals surface area contributed by atoms with Gasteiger partial charge in [0.25, 0.3) is 0 Å². The summed E-state index contributed by atoms with van der Waals surface area (Å²) in [5.74, 6) is -1.83. The second kappa shape index (κ2) is 4.93. The third-order valence-corrected chi connectivity index (χ3v) is 3.80. The first-order valence-electron chi connectivity index (χ1n) is 4.76. The average Bonchev–Trinajstić information content (AvgIpc) is 2.27. The molecule has 0 aliphatic carbocycles. The molecule has 0 bridgehead atoms.